The third-order valence-corrected chi connectivity index (χ3v) is 4.94. The number of halogens is 1. The highest BCUT2D eigenvalue weighted by molar-refractivity contribution is 9.10. The Morgan fingerprint density at radius 1 is 1.00 bits per heavy atom. The number of hydrogen-bond donors (Lipinski definition) is 3. The fraction of sp³-hybridized carbons (Fsp3) is 0. The first-order valence-electron chi connectivity index (χ1n) is 9.15. The number of carbonyl (C=O) groups is 1. The minimum Gasteiger partial charge on any atom is -0.507 e. The summed E-state index contributed by atoms with van der Waals surface area (Å²) in [6.45, 7) is 0. The molecule has 154 valence electrons. The van der Waals surface area contributed by atoms with Gasteiger partial charge >= 0.3 is 5.91 Å². The SMILES string of the molecule is O=C(N/N=C/c1cc(Br)c(O)cc1O)c1nc(-c2ccccc2)n(-c2ccccc2)n1. The summed E-state index contributed by atoms with van der Waals surface area (Å²) < 4.78 is 1.98. The van der Waals surface area contributed by atoms with Crippen molar-refractivity contribution in [2.75, 3.05) is 0 Å². The molecule has 1 amide bonds. The number of para-hydroxylation sites is 1. The Balaban J connectivity index is 1.62. The Kier molecular flexibility index (Phi) is 5.76. The van der Waals surface area contributed by atoms with Gasteiger partial charge in [-0.25, -0.2) is 15.1 Å². The van der Waals surface area contributed by atoms with Gasteiger partial charge in [-0.1, -0.05) is 48.5 Å². The molecule has 0 spiro atoms. The van der Waals surface area contributed by atoms with Crippen molar-refractivity contribution in [3.8, 4) is 28.6 Å². The molecule has 1 aromatic heterocycles. The number of amides is 1. The van der Waals surface area contributed by atoms with Crippen LogP contribution >= 0.6 is 15.9 Å². The van der Waals surface area contributed by atoms with Gasteiger partial charge in [0.2, 0.25) is 5.82 Å². The minimum atomic E-state index is -0.611. The highest BCUT2D eigenvalue weighted by Crippen LogP contribution is 2.30. The topological polar surface area (TPSA) is 113 Å². The van der Waals surface area contributed by atoms with Crippen LogP contribution in [0.2, 0.25) is 0 Å². The molecule has 4 aromatic rings. The van der Waals surface area contributed by atoms with E-state index in [-0.39, 0.29) is 17.3 Å². The van der Waals surface area contributed by atoms with Gasteiger partial charge in [-0.15, -0.1) is 5.10 Å². The predicted octanol–water partition coefficient (Wildman–Crippen LogP) is 3.87. The fourth-order valence-electron chi connectivity index (χ4n) is 2.81. The second-order valence-electron chi connectivity index (χ2n) is 6.43. The van der Waals surface area contributed by atoms with Crippen LogP contribution in [0.4, 0.5) is 0 Å². The summed E-state index contributed by atoms with van der Waals surface area (Å²) >= 11 is 3.16. The van der Waals surface area contributed by atoms with Crippen molar-refractivity contribution in [3.05, 3.63) is 88.7 Å². The maximum Gasteiger partial charge on any atom is 0.311 e. The van der Waals surface area contributed by atoms with Gasteiger partial charge in [-0.05, 0) is 34.1 Å². The van der Waals surface area contributed by atoms with E-state index in [4.69, 9.17) is 0 Å². The molecular formula is C22H16BrN5O3. The standard InChI is InChI=1S/C22H16BrN5O3/c23-17-11-15(18(29)12-19(17)30)13-24-26-22(31)20-25-21(14-7-3-1-4-8-14)28(27-20)16-9-5-2-6-10-16/h1-13,29-30H,(H,26,31)/b24-13+. The normalized spacial score (nSPS) is 11.0. The molecule has 1 heterocycles. The molecule has 0 radical (unpaired) electrons. The van der Waals surface area contributed by atoms with E-state index in [0.29, 0.717) is 15.9 Å². The second kappa shape index (κ2) is 8.80. The van der Waals surface area contributed by atoms with Crippen LogP contribution in [0.5, 0.6) is 11.5 Å². The summed E-state index contributed by atoms with van der Waals surface area (Å²) in [7, 11) is 0. The van der Waals surface area contributed by atoms with Gasteiger partial charge in [0.15, 0.2) is 5.82 Å². The molecule has 0 unspecified atom stereocenters. The van der Waals surface area contributed by atoms with Crippen LogP contribution in [-0.2, 0) is 0 Å². The number of aromatic nitrogens is 3. The average Bonchev–Trinajstić information content (AvgIpc) is 3.24. The lowest BCUT2D eigenvalue weighted by Gasteiger charge is -2.05. The highest BCUT2D eigenvalue weighted by Gasteiger charge is 2.18. The molecule has 0 atom stereocenters. The summed E-state index contributed by atoms with van der Waals surface area (Å²) in [6.07, 6.45) is 1.25. The molecule has 8 nitrogen and oxygen atoms in total. The number of rotatable bonds is 5. The van der Waals surface area contributed by atoms with Gasteiger partial charge in [-0.3, -0.25) is 4.79 Å². The zero-order valence-electron chi connectivity index (χ0n) is 16.0. The van der Waals surface area contributed by atoms with Crippen molar-refractivity contribution in [2.45, 2.75) is 0 Å². The van der Waals surface area contributed by atoms with Crippen LogP contribution in [0.25, 0.3) is 17.1 Å². The molecule has 31 heavy (non-hydrogen) atoms. The summed E-state index contributed by atoms with van der Waals surface area (Å²) in [6, 6.07) is 21.4. The Morgan fingerprint density at radius 3 is 2.39 bits per heavy atom. The summed E-state index contributed by atoms with van der Waals surface area (Å²) in [5, 5.41) is 27.7. The lowest BCUT2D eigenvalue weighted by atomic mass is 10.2. The minimum absolute atomic E-state index is 0.0593. The van der Waals surface area contributed by atoms with E-state index in [1.165, 1.54) is 18.3 Å². The first-order valence-corrected chi connectivity index (χ1v) is 9.95. The first kappa shape index (κ1) is 20.3. The lowest BCUT2D eigenvalue weighted by molar-refractivity contribution is 0.0945. The van der Waals surface area contributed by atoms with Crippen LogP contribution in [0.1, 0.15) is 16.2 Å². The Morgan fingerprint density at radius 2 is 1.68 bits per heavy atom. The highest BCUT2D eigenvalue weighted by atomic mass is 79.9. The molecule has 3 N–H and O–H groups in total. The van der Waals surface area contributed by atoms with Crippen molar-refractivity contribution in [1.29, 1.82) is 0 Å². The molecule has 3 aromatic carbocycles. The number of hydrogen-bond acceptors (Lipinski definition) is 6. The van der Waals surface area contributed by atoms with E-state index in [1.54, 1.807) is 4.68 Å². The second-order valence-corrected chi connectivity index (χ2v) is 7.29. The third kappa shape index (κ3) is 4.46. The maximum atomic E-state index is 12.6. The fourth-order valence-corrected chi connectivity index (χ4v) is 3.17. The van der Waals surface area contributed by atoms with E-state index in [2.05, 4.69) is 36.5 Å². The maximum absolute atomic E-state index is 12.6. The van der Waals surface area contributed by atoms with Gasteiger partial charge in [0.25, 0.3) is 0 Å². The van der Waals surface area contributed by atoms with Crippen molar-refractivity contribution < 1.29 is 15.0 Å². The predicted molar refractivity (Wildman–Crippen MR) is 119 cm³/mol. The van der Waals surface area contributed by atoms with Gasteiger partial charge < -0.3 is 10.2 Å². The van der Waals surface area contributed by atoms with Gasteiger partial charge in [0.1, 0.15) is 11.5 Å². The third-order valence-electron chi connectivity index (χ3n) is 4.31. The van der Waals surface area contributed by atoms with Crippen LogP contribution in [0, 0.1) is 0 Å². The number of phenolic OH excluding ortho intramolecular Hbond substituents is 2. The smallest absolute Gasteiger partial charge is 0.311 e. The zero-order valence-corrected chi connectivity index (χ0v) is 17.6. The number of nitrogens with one attached hydrogen (secondary N) is 1. The lowest BCUT2D eigenvalue weighted by Crippen LogP contribution is -2.19. The number of hydrazone groups is 1. The van der Waals surface area contributed by atoms with E-state index in [0.717, 1.165) is 11.3 Å². The van der Waals surface area contributed by atoms with Crippen molar-refractivity contribution >= 4 is 28.1 Å². The van der Waals surface area contributed by atoms with E-state index >= 15 is 0 Å². The average molecular weight is 478 g/mol. The van der Waals surface area contributed by atoms with Crippen molar-refractivity contribution in [2.24, 2.45) is 5.10 Å². The molecule has 9 heteroatoms. The van der Waals surface area contributed by atoms with Crippen molar-refractivity contribution in [1.82, 2.24) is 20.2 Å². The molecular weight excluding hydrogens is 462 g/mol. The largest absolute Gasteiger partial charge is 0.507 e. The monoisotopic (exact) mass is 477 g/mol. The molecule has 0 aliphatic heterocycles. The Bertz CT molecular complexity index is 1200. The molecule has 0 saturated heterocycles. The van der Waals surface area contributed by atoms with Crippen LogP contribution in [0.3, 0.4) is 0 Å². The number of aromatic hydroxyl groups is 2. The van der Waals surface area contributed by atoms with Crippen molar-refractivity contribution in [3.63, 3.8) is 0 Å². The number of carbonyl (C=O) groups excluding carboxylic acids is 1. The quantitative estimate of drug-likeness (QED) is 0.298. The molecule has 0 aliphatic rings. The number of phenols is 2. The van der Waals surface area contributed by atoms with Gasteiger partial charge in [0.05, 0.1) is 16.4 Å². The van der Waals surface area contributed by atoms with Crippen LogP contribution in [-0.4, -0.2) is 37.1 Å². The first-order chi connectivity index (χ1) is 15.0. The van der Waals surface area contributed by atoms with Gasteiger partial charge in [-0.2, -0.15) is 5.10 Å². The summed E-state index contributed by atoms with van der Waals surface area (Å²) in [5.41, 5.74) is 4.22. The Labute approximate surface area is 185 Å². The van der Waals surface area contributed by atoms with Crippen LogP contribution < -0.4 is 5.43 Å². The number of benzene rings is 3. The molecule has 0 saturated carbocycles. The van der Waals surface area contributed by atoms with E-state index < -0.39 is 5.91 Å². The molecule has 0 aliphatic carbocycles. The molecule has 4 rings (SSSR count). The van der Waals surface area contributed by atoms with E-state index in [1.807, 2.05) is 60.7 Å². The molecule has 0 bridgehead atoms. The summed E-state index contributed by atoms with van der Waals surface area (Å²) in [4.78, 5) is 17.0. The number of nitrogens with zero attached hydrogens (tertiary/aromatic N) is 4. The van der Waals surface area contributed by atoms with E-state index in [9.17, 15) is 15.0 Å². The summed E-state index contributed by atoms with van der Waals surface area (Å²) in [5.74, 6) is -0.447. The van der Waals surface area contributed by atoms with Crippen LogP contribution in [0.15, 0.2) is 82.4 Å². The van der Waals surface area contributed by atoms with Gasteiger partial charge in [0, 0.05) is 17.2 Å². The molecule has 0 fully saturated rings. The Hall–Kier alpha value is -3.98. The zero-order chi connectivity index (χ0) is 21.8.